The fourth-order valence-corrected chi connectivity index (χ4v) is 7.88. The summed E-state index contributed by atoms with van der Waals surface area (Å²) < 4.78 is 5.59. The molecule has 244 valence electrons. The van der Waals surface area contributed by atoms with Crippen LogP contribution >= 0.6 is 0 Å². The maximum absolute atomic E-state index is 12.7. The number of fused-ring (bicyclic) bond motifs is 3. The van der Waals surface area contributed by atoms with Crippen molar-refractivity contribution in [3.05, 3.63) is 148 Å². The first-order valence-corrected chi connectivity index (χ1v) is 17.2. The summed E-state index contributed by atoms with van der Waals surface area (Å²) in [6.45, 7) is 10.5. The van der Waals surface area contributed by atoms with Crippen LogP contribution in [0, 0.1) is 32.6 Å². The lowest BCUT2D eigenvalue weighted by Crippen LogP contribution is -2.06. The van der Waals surface area contributed by atoms with E-state index in [1.165, 1.54) is 33.4 Å². The van der Waals surface area contributed by atoms with Gasteiger partial charge in [0, 0.05) is 28.3 Å². The Kier molecular flexibility index (Phi) is 8.54. The van der Waals surface area contributed by atoms with E-state index < -0.39 is 0 Å². The second kappa shape index (κ2) is 13.0. The first-order chi connectivity index (χ1) is 23.7. The summed E-state index contributed by atoms with van der Waals surface area (Å²) in [5, 5.41) is 2.25. The van der Waals surface area contributed by atoms with E-state index in [2.05, 4.69) is 87.5 Å². The molecule has 6 aromatic rings. The van der Waals surface area contributed by atoms with Gasteiger partial charge in [-0.1, -0.05) is 111 Å². The van der Waals surface area contributed by atoms with Crippen molar-refractivity contribution in [3.63, 3.8) is 0 Å². The van der Waals surface area contributed by atoms with E-state index in [0.717, 1.165) is 68.3 Å². The van der Waals surface area contributed by atoms with Crippen LogP contribution in [0.15, 0.2) is 109 Å². The minimum Gasteiger partial charge on any atom is -0.496 e. The van der Waals surface area contributed by atoms with E-state index in [9.17, 15) is 9.59 Å². The Morgan fingerprint density at radius 1 is 0.531 bits per heavy atom. The molecule has 8 rings (SSSR count). The molecule has 0 saturated heterocycles. The van der Waals surface area contributed by atoms with Crippen LogP contribution in [0.2, 0.25) is 0 Å². The van der Waals surface area contributed by atoms with Crippen LogP contribution in [0.4, 0.5) is 0 Å². The number of hydrogen-bond acceptors (Lipinski definition) is 3. The molecule has 3 nitrogen and oxygen atoms in total. The van der Waals surface area contributed by atoms with Crippen molar-refractivity contribution in [1.29, 1.82) is 0 Å². The number of carbonyl (C=O) groups is 2. The molecule has 2 unspecified atom stereocenters. The second-order valence-corrected chi connectivity index (χ2v) is 13.7. The standard InChI is InChI=1S/C27H22O2.C19H20O/c1-17-15-24-22(27(17)28)14-13-21(26(24)19-7-4-3-5-8-19)20-12-11-18-9-6-10-25(29-2)23(18)16-20;1-11-10-16-13(3)12(2)14(4)17(18(16)19(11)20)15-8-6-5-7-9-15/h3-14,16-17H,15H2,1-2H3;5-9,11H,10H2,1-4H3. The summed E-state index contributed by atoms with van der Waals surface area (Å²) in [5.41, 5.74) is 15.1. The fourth-order valence-electron chi connectivity index (χ4n) is 7.88. The first kappa shape index (κ1) is 32.3. The Morgan fingerprint density at radius 2 is 1.14 bits per heavy atom. The molecule has 2 aliphatic rings. The van der Waals surface area contributed by atoms with Gasteiger partial charge >= 0.3 is 0 Å². The SMILES string of the molecule is COc1cccc2ccc(-c3ccc4c(c3-c3ccccc3)CC(C)C4=O)cc12.Cc1c(C)c2c(c(-c3ccccc3)c1C)C(=O)C(C)C2. The van der Waals surface area contributed by atoms with E-state index >= 15 is 0 Å². The molecule has 0 spiro atoms. The van der Waals surface area contributed by atoms with Crippen LogP contribution < -0.4 is 4.74 Å². The molecule has 0 fully saturated rings. The van der Waals surface area contributed by atoms with Gasteiger partial charge in [0.1, 0.15) is 5.75 Å². The number of carbonyl (C=O) groups excluding carboxylic acids is 2. The molecule has 0 aromatic heterocycles. The van der Waals surface area contributed by atoms with E-state index in [4.69, 9.17) is 4.74 Å². The summed E-state index contributed by atoms with van der Waals surface area (Å²) in [4.78, 5) is 25.3. The van der Waals surface area contributed by atoms with Crippen molar-refractivity contribution < 1.29 is 14.3 Å². The largest absolute Gasteiger partial charge is 0.496 e. The summed E-state index contributed by atoms with van der Waals surface area (Å²) in [6, 6.07) is 37.4. The third-order valence-corrected chi connectivity index (χ3v) is 10.7. The lowest BCUT2D eigenvalue weighted by Gasteiger charge is -2.17. The zero-order valence-electron chi connectivity index (χ0n) is 29.2. The van der Waals surface area contributed by atoms with Crippen LogP contribution in [-0.4, -0.2) is 18.7 Å². The smallest absolute Gasteiger partial charge is 0.166 e. The normalized spacial score (nSPS) is 16.3. The van der Waals surface area contributed by atoms with Crippen LogP contribution in [-0.2, 0) is 12.8 Å². The lowest BCUT2D eigenvalue weighted by molar-refractivity contribution is 0.0939. The third-order valence-electron chi connectivity index (χ3n) is 10.7. The average molecular weight is 643 g/mol. The fraction of sp³-hybridized carbons (Fsp3) is 0.217. The highest BCUT2D eigenvalue weighted by Crippen LogP contribution is 2.43. The zero-order chi connectivity index (χ0) is 34.4. The topological polar surface area (TPSA) is 43.4 Å². The maximum Gasteiger partial charge on any atom is 0.166 e. The van der Waals surface area contributed by atoms with Crippen molar-refractivity contribution in [2.24, 2.45) is 11.8 Å². The number of methoxy groups -OCH3 is 1. The second-order valence-electron chi connectivity index (χ2n) is 13.7. The summed E-state index contributed by atoms with van der Waals surface area (Å²) in [6.07, 6.45) is 1.68. The Labute approximate surface area is 289 Å². The van der Waals surface area contributed by atoms with Crippen molar-refractivity contribution in [2.75, 3.05) is 7.11 Å². The van der Waals surface area contributed by atoms with Gasteiger partial charge in [-0.25, -0.2) is 0 Å². The number of ether oxygens (including phenoxy) is 1. The highest BCUT2D eigenvalue weighted by Gasteiger charge is 2.33. The Morgan fingerprint density at radius 3 is 1.82 bits per heavy atom. The van der Waals surface area contributed by atoms with Gasteiger partial charge in [-0.05, 0) is 112 Å². The van der Waals surface area contributed by atoms with Crippen LogP contribution in [0.1, 0.15) is 62.4 Å². The maximum atomic E-state index is 12.7. The van der Waals surface area contributed by atoms with E-state index in [1.807, 2.05) is 56.3 Å². The Balaban J connectivity index is 0.000000166. The molecule has 0 heterocycles. The molecule has 0 N–H and O–H groups in total. The van der Waals surface area contributed by atoms with Gasteiger partial charge in [-0.2, -0.15) is 0 Å². The van der Waals surface area contributed by atoms with Gasteiger partial charge in [-0.3, -0.25) is 9.59 Å². The van der Waals surface area contributed by atoms with Gasteiger partial charge in [0.2, 0.25) is 0 Å². The number of benzene rings is 6. The number of ketones is 2. The van der Waals surface area contributed by atoms with E-state index in [1.54, 1.807) is 7.11 Å². The molecular weight excluding hydrogens is 601 g/mol. The molecule has 0 saturated carbocycles. The van der Waals surface area contributed by atoms with Crippen LogP contribution in [0.25, 0.3) is 44.2 Å². The zero-order valence-corrected chi connectivity index (χ0v) is 29.2. The lowest BCUT2D eigenvalue weighted by atomic mass is 9.86. The van der Waals surface area contributed by atoms with Gasteiger partial charge in [0.15, 0.2) is 11.6 Å². The van der Waals surface area contributed by atoms with Crippen molar-refractivity contribution in [3.8, 4) is 39.1 Å². The molecule has 0 amide bonds. The van der Waals surface area contributed by atoms with Gasteiger partial charge in [0.05, 0.1) is 7.11 Å². The molecule has 49 heavy (non-hydrogen) atoms. The van der Waals surface area contributed by atoms with Gasteiger partial charge in [0.25, 0.3) is 0 Å². The number of rotatable bonds is 4. The Hall–Kier alpha value is -5.28. The third kappa shape index (κ3) is 5.57. The Bertz CT molecular complexity index is 2250. The number of Topliss-reactive ketones (excluding diaryl/α,β-unsaturated/α-hetero) is 2. The van der Waals surface area contributed by atoms with Gasteiger partial charge < -0.3 is 4.74 Å². The minimum absolute atomic E-state index is 0.0411. The molecule has 2 aliphatic carbocycles. The predicted octanol–water partition coefficient (Wildman–Crippen LogP) is 11.2. The molecule has 0 bridgehead atoms. The molecule has 0 radical (unpaired) electrons. The molecule has 6 aromatic carbocycles. The highest BCUT2D eigenvalue weighted by atomic mass is 16.5. The molecule has 3 heteroatoms. The molecular formula is C46H42O3. The molecule has 0 aliphatic heterocycles. The van der Waals surface area contributed by atoms with E-state index in [0.29, 0.717) is 5.78 Å². The average Bonchev–Trinajstić information content (AvgIpc) is 3.60. The number of hydrogen-bond donors (Lipinski definition) is 0. The quantitative estimate of drug-likeness (QED) is 0.192. The first-order valence-electron chi connectivity index (χ1n) is 17.2. The summed E-state index contributed by atoms with van der Waals surface area (Å²) >= 11 is 0. The summed E-state index contributed by atoms with van der Waals surface area (Å²) in [7, 11) is 1.71. The van der Waals surface area contributed by atoms with Crippen LogP contribution in [0.5, 0.6) is 5.75 Å². The minimum atomic E-state index is 0.0411. The summed E-state index contributed by atoms with van der Waals surface area (Å²) in [5.74, 6) is 1.59. The van der Waals surface area contributed by atoms with Crippen molar-refractivity contribution in [2.45, 2.75) is 47.5 Å². The monoisotopic (exact) mass is 642 g/mol. The molecule has 2 atom stereocenters. The van der Waals surface area contributed by atoms with E-state index in [-0.39, 0.29) is 17.6 Å². The predicted molar refractivity (Wildman–Crippen MR) is 202 cm³/mol. The highest BCUT2D eigenvalue weighted by molar-refractivity contribution is 6.09. The van der Waals surface area contributed by atoms with Crippen LogP contribution in [0.3, 0.4) is 0 Å². The van der Waals surface area contributed by atoms with Crippen molar-refractivity contribution in [1.82, 2.24) is 0 Å². The van der Waals surface area contributed by atoms with Gasteiger partial charge in [-0.15, -0.1) is 0 Å². The van der Waals surface area contributed by atoms with Crippen molar-refractivity contribution >= 4 is 22.3 Å².